The zero-order chi connectivity index (χ0) is 15.5. The highest BCUT2D eigenvalue weighted by atomic mass is 16.5. The van der Waals surface area contributed by atoms with Gasteiger partial charge in [-0.25, -0.2) is 4.98 Å². The van der Waals surface area contributed by atoms with Crippen molar-refractivity contribution in [2.24, 2.45) is 0 Å². The number of nitrogens with zero attached hydrogens (tertiary/aromatic N) is 4. The smallest absolute Gasteiger partial charge is 0.224 e. The van der Waals surface area contributed by atoms with E-state index in [1.165, 1.54) is 0 Å². The lowest BCUT2D eigenvalue weighted by atomic mass is 10.1. The van der Waals surface area contributed by atoms with E-state index in [2.05, 4.69) is 26.0 Å². The van der Waals surface area contributed by atoms with Crippen molar-refractivity contribution in [3.8, 4) is 5.75 Å². The highest BCUT2D eigenvalue weighted by Gasteiger charge is 2.13. The van der Waals surface area contributed by atoms with Gasteiger partial charge in [-0.1, -0.05) is 18.2 Å². The van der Waals surface area contributed by atoms with E-state index in [0.717, 1.165) is 35.6 Å². The van der Waals surface area contributed by atoms with Crippen LogP contribution in [0.3, 0.4) is 0 Å². The molecule has 0 radical (unpaired) electrons. The van der Waals surface area contributed by atoms with Gasteiger partial charge in [-0.3, -0.25) is 0 Å². The number of rotatable bonds is 5. The van der Waals surface area contributed by atoms with E-state index in [-0.39, 0.29) is 5.95 Å². The molecule has 1 aromatic carbocycles. The van der Waals surface area contributed by atoms with Crippen LogP contribution in [0.1, 0.15) is 5.56 Å². The van der Waals surface area contributed by atoms with Gasteiger partial charge in [0.15, 0.2) is 11.5 Å². The summed E-state index contributed by atoms with van der Waals surface area (Å²) in [4.78, 5) is 17.6. The van der Waals surface area contributed by atoms with Crippen molar-refractivity contribution in [1.82, 2.24) is 19.9 Å². The molecule has 0 saturated carbocycles. The number of hydrogen-bond donors (Lipinski definition) is 2. The van der Waals surface area contributed by atoms with Crippen LogP contribution in [0, 0.1) is 0 Å². The summed E-state index contributed by atoms with van der Waals surface area (Å²) in [5, 5.41) is 0. The van der Waals surface area contributed by atoms with E-state index >= 15 is 0 Å². The highest BCUT2D eigenvalue weighted by molar-refractivity contribution is 5.83. The second-order valence-electron chi connectivity index (χ2n) is 4.99. The fourth-order valence-electron chi connectivity index (χ4n) is 2.41. The van der Waals surface area contributed by atoms with Gasteiger partial charge in [-0.2, -0.15) is 9.97 Å². The molecule has 0 saturated heterocycles. The molecule has 0 amide bonds. The summed E-state index contributed by atoms with van der Waals surface area (Å²) in [6, 6.07) is 8.00. The SMILES string of the molecule is COc1ccccc1CCN(C)c1nc(N)nc2nc[nH]c12. The van der Waals surface area contributed by atoms with Gasteiger partial charge in [0.1, 0.15) is 11.3 Å². The molecule has 3 aromatic rings. The van der Waals surface area contributed by atoms with E-state index < -0.39 is 0 Å². The molecule has 3 rings (SSSR count). The molecule has 7 nitrogen and oxygen atoms in total. The number of anilines is 2. The lowest BCUT2D eigenvalue weighted by Gasteiger charge is -2.19. The predicted octanol–water partition coefficient (Wildman–Crippen LogP) is 1.62. The molecule has 0 fully saturated rings. The maximum Gasteiger partial charge on any atom is 0.224 e. The molecular formula is C15H18N6O. The Morgan fingerprint density at radius 3 is 2.91 bits per heavy atom. The molecular weight excluding hydrogens is 280 g/mol. The van der Waals surface area contributed by atoms with Crippen LogP contribution in [0.4, 0.5) is 11.8 Å². The Kier molecular flexibility index (Phi) is 3.78. The fraction of sp³-hybridized carbons (Fsp3) is 0.267. The quantitative estimate of drug-likeness (QED) is 0.743. The Morgan fingerprint density at radius 1 is 1.27 bits per heavy atom. The fourth-order valence-corrected chi connectivity index (χ4v) is 2.41. The van der Waals surface area contributed by atoms with Crippen LogP contribution in [-0.4, -0.2) is 40.6 Å². The first-order valence-electron chi connectivity index (χ1n) is 6.98. The van der Waals surface area contributed by atoms with Crippen LogP contribution < -0.4 is 15.4 Å². The molecule has 0 bridgehead atoms. The van der Waals surface area contributed by atoms with Crippen LogP contribution >= 0.6 is 0 Å². The maximum absolute atomic E-state index is 5.75. The molecule has 2 aromatic heterocycles. The molecule has 22 heavy (non-hydrogen) atoms. The number of ether oxygens (including phenoxy) is 1. The van der Waals surface area contributed by atoms with Gasteiger partial charge >= 0.3 is 0 Å². The first-order chi connectivity index (χ1) is 10.7. The minimum absolute atomic E-state index is 0.221. The van der Waals surface area contributed by atoms with Crippen molar-refractivity contribution in [2.75, 3.05) is 31.3 Å². The zero-order valence-electron chi connectivity index (χ0n) is 12.6. The Hall–Kier alpha value is -2.83. The number of benzene rings is 1. The number of H-pyrrole nitrogens is 1. The summed E-state index contributed by atoms with van der Waals surface area (Å²) < 4.78 is 5.38. The third-order valence-electron chi connectivity index (χ3n) is 3.55. The molecule has 0 aliphatic carbocycles. The second kappa shape index (κ2) is 5.88. The van der Waals surface area contributed by atoms with Crippen LogP contribution in [0.2, 0.25) is 0 Å². The van der Waals surface area contributed by atoms with Gasteiger partial charge < -0.3 is 20.4 Å². The first-order valence-corrected chi connectivity index (χ1v) is 6.98. The number of imidazole rings is 1. The van der Waals surface area contributed by atoms with E-state index in [1.54, 1.807) is 13.4 Å². The number of nitrogens with one attached hydrogen (secondary N) is 1. The standard InChI is InChI=1S/C15H18N6O/c1-21(8-7-10-5-3-4-6-11(10)22-2)14-12-13(18-9-17-12)19-15(16)20-14/h3-6,9H,7-8H2,1-2H3,(H3,16,17,18,19,20). The zero-order valence-corrected chi connectivity index (χ0v) is 12.6. The average Bonchev–Trinajstić information content (AvgIpc) is 3.00. The van der Waals surface area contributed by atoms with Crippen molar-refractivity contribution >= 4 is 22.9 Å². The Morgan fingerprint density at radius 2 is 2.09 bits per heavy atom. The number of methoxy groups -OCH3 is 1. The Labute approximate surface area is 128 Å². The summed E-state index contributed by atoms with van der Waals surface area (Å²) in [6.07, 6.45) is 2.43. The average molecular weight is 298 g/mol. The summed E-state index contributed by atoms with van der Waals surface area (Å²) in [7, 11) is 3.65. The maximum atomic E-state index is 5.75. The van der Waals surface area contributed by atoms with Crippen LogP contribution in [0.15, 0.2) is 30.6 Å². The molecule has 2 heterocycles. The van der Waals surface area contributed by atoms with Crippen molar-refractivity contribution in [1.29, 1.82) is 0 Å². The van der Waals surface area contributed by atoms with E-state index in [1.807, 2.05) is 30.1 Å². The number of para-hydroxylation sites is 1. The predicted molar refractivity (Wildman–Crippen MR) is 86.1 cm³/mol. The topological polar surface area (TPSA) is 92.9 Å². The third-order valence-corrected chi connectivity index (χ3v) is 3.55. The highest BCUT2D eigenvalue weighted by Crippen LogP contribution is 2.22. The number of hydrogen-bond acceptors (Lipinski definition) is 6. The molecule has 0 aliphatic heterocycles. The van der Waals surface area contributed by atoms with Crippen molar-refractivity contribution < 1.29 is 4.74 Å². The molecule has 0 aliphatic rings. The largest absolute Gasteiger partial charge is 0.496 e. The number of nitrogen functional groups attached to an aromatic ring is 1. The minimum Gasteiger partial charge on any atom is -0.496 e. The van der Waals surface area contributed by atoms with Gasteiger partial charge in [0.2, 0.25) is 5.95 Å². The molecule has 0 unspecified atom stereocenters. The molecule has 114 valence electrons. The van der Waals surface area contributed by atoms with Crippen molar-refractivity contribution in [3.05, 3.63) is 36.2 Å². The molecule has 0 atom stereocenters. The number of fused-ring (bicyclic) bond motifs is 1. The normalized spacial score (nSPS) is 10.8. The van der Waals surface area contributed by atoms with Crippen molar-refractivity contribution in [3.63, 3.8) is 0 Å². The Balaban J connectivity index is 1.81. The molecule has 0 spiro atoms. The van der Waals surface area contributed by atoms with Gasteiger partial charge in [-0.15, -0.1) is 0 Å². The lowest BCUT2D eigenvalue weighted by Crippen LogP contribution is -2.22. The van der Waals surface area contributed by atoms with Gasteiger partial charge in [0.05, 0.1) is 13.4 Å². The summed E-state index contributed by atoms with van der Waals surface area (Å²) in [5.74, 6) is 1.86. The third kappa shape index (κ3) is 2.65. The molecule has 7 heteroatoms. The number of aromatic nitrogens is 4. The number of aromatic amines is 1. The van der Waals surface area contributed by atoms with E-state index in [0.29, 0.717) is 5.65 Å². The minimum atomic E-state index is 0.221. The Bertz CT molecular complexity index is 785. The van der Waals surface area contributed by atoms with Gasteiger partial charge in [0.25, 0.3) is 0 Å². The lowest BCUT2D eigenvalue weighted by molar-refractivity contribution is 0.409. The van der Waals surface area contributed by atoms with Crippen LogP contribution in [0.25, 0.3) is 11.2 Å². The molecule has 3 N–H and O–H groups in total. The van der Waals surface area contributed by atoms with Crippen LogP contribution in [-0.2, 0) is 6.42 Å². The summed E-state index contributed by atoms with van der Waals surface area (Å²) in [5.41, 5.74) is 8.27. The summed E-state index contributed by atoms with van der Waals surface area (Å²) in [6.45, 7) is 0.769. The van der Waals surface area contributed by atoms with E-state index in [4.69, 9.17) is 10.5 Å². The number of likely N-dealkylation sites (N-methyl/N-ethyl adjacent to an activating group) is 1. The number of nitrogens with two attached hydrogens (primary N) is 1. The monoisotopic (exact) mass is 298 g/mol. The van der Waals surface area contributed by atoms with Crippen molar-refractivity contribution in [2.45, 2.75) is 6.42 Å². The first kappa shape index (κ1) is 14.1. The van der Waals surface area contributed by atoms with Gasteiger partial charge in [0, 0.05) is 13.6 Å². The van der Waals surface area contributed by atoms with E-state index in [9.17, 15) is 0 Å². The second-order valence-corrected chi connectivity index (χ2v) is 4.99. The van der Waals surface area contributed by atoms with Gasteiger partial charge in [-0.05, 0) is 18.1 Å². The van der Waals surface area contributed by atoms with Crippen LogP contribution in [0.5, 0.6) is 5.75 Å². The summed E-state index contributed by atoms with van der Waals surface area (Å²) >= 11 is 0.